The molecule has 0 bridgehead atoms. The Bertz CT molecular complexity index is 1190. The van der Waals surface area contributed by atoms with Crippen molar-refractivity contribution in [3.63, 3.8) is 0 Å². The topological polar surface area (TPSA) is 79.7 Å². The van der Waals surface area contributed by atoms with E-state index in [1.807, 2.05) is 44.2 Å². The number of ketones is 1. The fraction of sp³-hybridized carbons (Fsp3) is 0.222. The molecule has 4 rings (SSSR count). The Kier molecular flexibility index (Phi) is 6.54. The lowest BCUT2D eigenvalue weighted by Crippen LogP contribution is -2.30. The Labute approximate surface area is 193 Å². The maximum atomic E-state index is 12.9. The first kappa shape index (κ1) is 22.3. The second-order valence-electron chi connectivity index (χ2n) is 8.00. The Morgan fingerprint density at radius 1 is 1.06 bits per heavy atom. The van der Waals surface area contributed by atoms with Gasteiger partial charge in [0, 0.05) is 18.3 Å². The number of aliphatic hydroxyl groups excluding tert-OH is 1. The molecule has 2 heterocycles. The third-order valence-electron chi connectivity index (χ3n) is 5.66. The molecule has 6 nitrogen and oxygen atoms in total. The van der Waals surface area contributed by atoms with Crippen molar-refractivity contribution in [1.29, 1.82) is 0 Å². The highest BCUT2D eigenvalue weighted by Gasteiger charge is 2.46. The summed E-state index contributed by atoms with van der Waals surface area (Å²) in [4.78, 5) is 31.5. The number of amides is 1. The van der Waals surface area contributed by atoms with Gasteiger partial charge in [-0.1, -0.05) is 43.3 Å². The number of nitrogens with zero attached hydrogens (tertiary/aromatic N) is 2. The van der Waals surface area contributed by atoms with Crippen LogP contribution in [0.2, 0.25) is 0 Å². The van der Waals surface area contributed by atoms with Crippen LogP contribution in [0.3, 0.4) is 0 Å². The number of benzene rings is 2. The van der Waals surface area contributed by atoms with Crippen molar-refractivity contribution in [2.75, 3.05) is 6.54 Å². The third kappa shape index (κ3) is 4.51. The van der Waals surface area contributed by atoms with E-state index < -0.39 is 17.7 Å². The second-order valence-corrected chi connectivity index (χ2v) is 8.00. The van der Waals surface area contributed by atoms with Gasteiger partial charge < -0.3 is 14.7 Å². The predicted molar refractivity (Wildman–Crippen MR) is 125 cm³/mol. The van der Waals surface area contributed by atoms with Crippen molar-refractivity contribution in [2.24, 2.45) is 0 Å². The van der Waals surface area contributed by atoms with Gasteiger partial charge in [0.25, 0.3) is 11.7 Å². The van der Waals surface area contributed by atoms with Crippen molar-refractivity contribution in [3.05, 3.63) is 101 Å². The van der Waals surface area contributed by atoms with E-state index in [0.717, 1.165) is 11.1 Å². The van der Waals surface area contributed by atoms with Crippen molar-refractivity contribution < 1.29 is 19.4 Å². The van der Waals surface area contributed by atoms with Gasteiger partial charge >= 0.3 is 0 Å². The second kappa shape index (κ2) is 9.69. The molecule has 1 aliphatic rings. The van der Waals surface area contributed by atoms with E-state index in [2.05, 4.69) is 4.98 Å². The molecule has 168 valence electrons. The molecule has 1 amide bonds. The average molecular weight is 443 g/mol. The minimum Gasteiger partial charge on any atom is -0.507 e. The number of aliphatic hydroxyl groups is 1. The average Bonchev–Trinajstić information content (AvgIpc) is 3.09. The summed E-state index contributed by atoms with van der Waals surface area (Å²) in [7, 11) is 0. The minimum atomic E-state index is -0.722. The largest absolute Gasteiger partial charge is 0.507 e. The van der Waals surface area contributed by atoms with Gasteiger partial charge in [-0.25, -0.2) is 0 Å². The van der Waals surface area contributed by atoms with Crippen LogP contribution in [-0.4, -0.2) is 33.2 Å². The van der Waals surface area contributed by atoms with Crippen molar-refractivity contribution in [1.82, 2.24) is 9.88 Å². The fourth-order valence-corrected chi connectivity index (χ4v) is 4.05. The molecule has 1 unspecified atom stereocenters. The molecular formula is C27H26N2O4. The highest BCUT2D eigenvalue weighted by atomic mass is 16.5. The van der Waals surface area contributed by atoms with Crippen LogP contribution >= 0.6 is 0 Å². The fourth-order valence-electron chi connectivity index (χ4n) is 4.05. The van der Waals surface area contributed by atoms with E-state index in [1.54, 1.807) is 42.6 Å². The molecule has 6 heteroatoms. The van der Waals surface area contributed by atoms with Crippen molar-refractivity contribution in [3.8, 4) is 5.75 Å². The molecule has 1 fully saturated rings. The molecular weight excluding hydrogens is 416 g/mol. The van der Waals surface area contributed by atoms with Gasteiger partial charge in [0.1, 0.15) is 24.2 Å². The van der Waals surface area contributed by atoms with Crippen LogP contribution in [0, 0.1) is 6.92 Å². The van der Waals surface area contributed by atoms with Crippen molar-refractivity contribution >= 4 is 17.4 Å². The number of hydrogen-bond donors (Lipinski definition) is 1. The molecule has 0 aliphatic carbocycles. The predicted octanol–water partition coefficient (Wildman–Crippen LogP) is 4.80. The molecule has 3 aromatic rings. The number of carbonyl (C=O) groups is 2. The van der Waals surface area contributed by atoms with Gasteiger partial charge in [0.05, 0.1) is 11.3 Å². The monoisotopic (exact) mass is 442 g/mol. The number of aromatic nitrogens is 1. The van der Waals surface area contributed by atoms with Crippen LogP contribution in [0.15, 0.2) is 78.5 Å². The van der Waals surface area contributed by atoms with E-state index in [9.17, 15) is 14.7 Å². The van der Waals surface area contributed by atoms with Gasteiger partial charge in [-0.05, 0) is 54.8 Å². The lowest BCUT2D eigenvalue weighted by atomic mass is 9.97. The molecule has 1 aliphatic heterocycles. The molecule has 2 aromatic carbocycles. The van der Waals surface area contributed by atoms with Gasteiger partial charge in [-0.15, -0.1) is 0 Å². The lowest BCUT2D eigenvalue weighted by molar-refractivity contribution is -0.139. The molecule has 1 atom stereocenters. The first-order valence-electron chi connectivity index (χ1n) is 11.0. The lowest BCUT2D eigenvalue weighted by Gasteiger charge is -2.23. The van der Waals surface area contributed by atoms with Gasteiger partial charge in [0.15, 0.2) is 0 Å². The summed E-state index contributed by atoms with van der Waals surface area (Å²) >= 11 is 0. The number of aryl methyl sites for hydroxylation is 1. The van der Waals surface area contributed by atoms with Gasteiger partial charge in [-0.3, -0.25) is 14.6 Å². The zero-order valence-corrected chi connectivity index (χ0v) is 18.7. The molecule has 0 radical (unpaired) electrons. The zero-order chi connectivity index (χ0) is 23.4. The van der Waals surface area contributed by atoms with Crippen LogP contribution in [0.25, 0.3) is 5.76 Å². The summed E-state index contributed by atoms with van der Waals surface area (Å²) in [6.07, 6.45) is 2.30. The Morgan fingerprint density at radius 3 is 2.48 bits per heavy atom. The smallest absolute Gasteiger partial charge is 0.295 e. The van der Waals surface area contributed by atoms with Crippen LogP contribution in [-0.2, 0) is 16.2 Å². The maximum absolute atomic E-state index is 12.9. The van der Waals surface area contributed by atoms with Gasteiger partial charge in [0.2, 0.25) is 0 Å². The summed E-state index contributed by atoms with van der Waals surface area (Å²) < 4.78 is 5.92. The maximum Gasteiger partial charge on any atom is 0.295 e. The number of carbonyl (C=O) groups excluding carboxylic acids is 2. The van der Waals surface area contributed by atoms with E-state index >= 15 is 0 Å². The van der Waals surface area contributed by atoms with E-state index in [4.69, 9.17) is 4.74 Å². The first-order chi connectivity index (χ1) is 16.0. The summed E-state index contributed by atoms with van der Waals surface area (Å²) in [5, 5.41) is 11.2. The van der Waals surface area contributed by atoms with E-state index in [0.29, 0.717) is 36.6 Å². The minimum absolute atomic E-state index is 0.0597. The number of ether oxygens (including phenoxy) is 1. The number of Topliss-reactive ketones (excluding diaryl/α,β-unsaturated/α-hetero) is 1. The number of rotatable bonds is 7. The molecule has 1 N–H and O–H groups in total. The number of pyridine rings is 1. The Hall–Kier alpha value is -3.93. The third-order valence-corrected chi connectivity index (χ3v) is 5.66. The van der Waals surface area contributed by atoms with Crippen LogP contribution in [0.1, 0.15) is 41.8 Å². The SMILES string of the molecule is CCCN1C(=O)C(=O)/C(=C(\O)c2ccc(OCc3ccccc3)c(C)c2)C1c1ccccn1. The summed E-state index contributed by atoms with van der Waals surface area (Å²) in [5.74, 6) is -0.837. The summed E-state index contributed by atoms with van der Waals surface area (Å²) in [6, 6.07) is 19.7. The normalized spacial score (nSPS) is 17.4. The molecule has 33 heavy (non-hydrogen) atoms. The number of hydrogen-bond acceptors (Lipinski definition) is 5. The number of likely N-dealkylation sites (tertiary alicyclic amines) is 1. The molecule has 1 aromatic heterocycles. The van der Waals surface area contributed by atoms with Crippen LogP contribution < -0.4 is 4.74 Å². The summed E-state index contributed by atoms with van der Waals surface area (Å²) in [5.41, 5.74) is 2.92. The first-order valence-corrected chi connectivity index (χ1v) is 11.0. The Morgan fingerprint density at radius 2 is 1.82 bits per heavy atom. The molecule has 1 saturated heterocycles. The van der Waals surface area contributed by atoms with Gasteiger partial charge in [-0.2, -0.15) is 0 Å². The van der Waals surface area contributed by atoms with Crippen LogP contribution in [0.4, 0.5) is 0 Å². The Balaban J connectivity index is 1.68. The van der Waals surface area contributed by atoms with E-state index in [1.165, 1.54) is 4.90 Å². The highest BCUT2D eigenvalue weighted by molar-refractivity contribution is 6.46. The van der Waals surface area contributed by atoms with E-state index in [-0.39, 0.29) is 11.3 Å². The molecule has 0 spiro atoms. The molecule has 0 saturated carbocycles. The van der Waals surface area contributed by atoms with Crippen LogP contribution in [0.5, 0.6) is 5.75 Å². The zero-order valence-electron chi connectivity index (χ0n) is 18.7. The highest BCUT2D eigenvalue weighted by Crippen LogP contribution is 2.39. The standard InChI is InChI=1S/C27H26N2O4/c1-3-15-29-24(21-11-7-8-14-28-21)23(26(31)27(29)32)25(30)20-12-13-22(18(2)16-20)33-17-19-9-5-4-6-10-19/h4-14,16,24,30H,3,15,17H2,1-2H3/b25-23-. The summed E-state index contributed by atoms with van der Waals surface area (Å²) in [6.45, 7) is 4.64. The quantitative estimate of drug-likeness (QED) is 0.323. The van der Waals surface area contributed by atoms with Crippen molar-refractivity contribution in [2.45, 2.75) is 32.9 Å².